The number of piperazine rings is 1. The second-order valence-electron chi connectivity index (χ2n) is 5.67. The third-order valence-electron chi connectivity index (χ3n) is 4.06. The second-order valence-corrected chi connectivity index (χ2v) is 5.67. The van der Waals surface area contributed by atoms with Gasteiger partial charge in [0, 0.05) is 32.7 Å². The zero-order valence-electron chi connectivity index (χ0n) is 11.5. The number of anilines is 2. The minimum atomic E-state index is -1.00. The van der Waals surface area contributed by atoms with Crippen LogP contribution in [-0.4, -0.2) is 53.7 Å². The van der Waals surface area contributed by atoms with Gasteiger partial charge >= 0.3 is 5.97 Å². The molecule has 2 heterocycles. The van der Waals surface area contributed by atoms with Gasteiger partial charge in [0.25, 0.3) is 0 Å². The number of carboxylic acids is 1. The van der Waals surface area contributed by atoms with Crippen LogP contribution in [0.2, 0.25) is 0 Å². The van der Waals surface area contributed by atoms with E-state index in [9.17, 15) is 4.79 Å². The van der Waals surface area contributed by atoms with Gasteiger partial charge < -0.3 is 15.7 Å². The van der Waals surface area contributed by atoms with Crippen LogP contribution in [-0.2, 0) is 0 Å². The molecule has 0 aromatic carbocycles. The van der Waals surface area contributed by atoms with E-state index in [-0.39, 0.29) is 11.3 Å². The van der Waals surface area contributed by atoms with Gasteiger partial charge in [-0.25, -0.2) is 9.78 Å². The summed E-state index contributed by atoms with van der Waals surface area (Å²) >= 11 is 0. The average molecular weight is 276 g/mol. The van der Waals surface area contributed by atoms with E-state index in [1.165, 1.54) is 25.6 Å². The number of nitrogens with two attached hydrogens (primary N) is 1. The van der Waals surface area contributed by atoms with Crippen LogP contribution in [0.15, 0.2) is 12.3 Å². The molecule has 3 N–H and O–H groups in total. The predicted octanol–water partition coefficient (Wildman–Crippen LogP) is 0.894. The van der Waals surface area contributed by atoms with Gasteiger partial charge in [-0.1, -0.05) is 0 Å². The fourth-order valence-electron chi connectivity index (χ4n) is 2.64. The quantitative estimate of drug-likeness (QED) is 0.850. The van der Waals surface area contributed by atoms with Gasteiger partial charge in [-0.3, -0.25) is 4.90 Å². The number of aromatic carboxylic acids is 1. The van der Waals surface area contributed by atoms with Gasteiger partial charge in [-0.2, -0.15) is 0 Å². The lowest BCUT2D eigenvalue weighted by Gasteiger charge is -2.35. The zero-order valence-corrected chi connectivity index (χ0v) is 11.5. The molecule has 1 aromatic heterocycles. The molecule has 1 saturated heterocycles. The fourth-order valence-corrected chi connectivity index (χ4v) is 2.64. The molecule has 0 spiro atoms. The largest absolute Gasteiger partial charge is 0.478 e. The highest BCUT2D eigenvalue weighted by Gasteiger charge is 2.26. The molecule has 108 valence electrons. The highest BCUT2D eigenvalue weighted by Crippen LogP contribution is 2.30. The SMILES string of the molecule is Nc1cnc(N2CCN(CC3CC3)CC2)cc1C(=O)O. The molecule has 1 aromatic rings. The number of nitrogens with zero attached hydrogens (tertiary/aromatic N) is 3. The predicted molar refractivity (Wildman–Crippen MR) is 77.0 cm³/mol. The molecule has 1 aliphatic heterocycles. The lowest BCUT2D eigenvalue weighted by molar-refractivity contribution is 0.0698. The van der Waals surface area contributed by atoms with Crippen molar-refractivity contribution in [3.8, 4) is 0 Å². The number of aromatic nitrogens is 1. The van der Waals surface area contributed by atoms with Crippen molar-refractivity contribution in [2.24, 2.45) is 5.92 Å². The van der Waals surface area contributed by atoms with Crippen LogP contribution in [0.3, 0.4) is 0 Å². The summed E-state index contributed by atoms with van der Waals surface area (Å²) in [6.07, 6.45) is 4.19. The van der Waals surface area contributed by atoms with Crippen LogP contribution in [0.5, 0.6) is 0 Å². The Hall–Kier alpha value is -1.82. The number of hydrogen-bond donors (Lipinski definition) is 2. The first-order chi connectivity index (χ1) is 9.63. The average Bonchev–Trinajstić information content (AvgIpc) is 3.24. The van der Waals surface area contributed by atoms with Gasteiger partial charge in [0.2, 0.25) is 0 Å². The molecule has 6 nitrogen and oxygen atoms in total. The molecule has 3 rings (SSSR count). The minimum Gasteiger partial charge on any atom is -0.478 e. The third-order valence-corrected chi connectivity index (χ3v) is 4.06. The number of carbonyl (C=O) groups is 1. The molecule has 1 aliphatic carbocycles. The van der Waals surface area contributed by atoms with Crippen LogP contribution >= 0.6 is 0 Å². The second kappa shape index (κ2) is 5.28. The van der Waals surface area contributed by atoms with Crippen molar-refractivity contribution in [1.82, 2.24) is 9.88 Å². The molecule has 20 heavy (non-hydrogen) atoms. The van der Waals surface area contributed by atoms with E-state index in [4.69, 9.17) is 10.8 Å². The summed E-state index contributed by atoms with van der Waals surface area (Å²) in [7, 11) is 0. The molecular formula is C14H20N4O2. The number of pyridine rings is 1. The molecule has 0 radical (unpaired) electrons. The third kappa shape index (κ3) is 2.85. The molecule has 1 saturated carbocycles. The Morgan fingerprint density at radius 1 is 1.35 bits per heavy atom. The van der Waals surface area contributed by atoms with E-state index >= 15 is 0 Å². The van der Waals surface area contributed by atoms with Crippen LogP contribution in [0.25, 0.3) is 0 Å². The minimum absolute atomic E-state index is 0.135. The summed E-state index contributed by atoms with van der Waals surface area (Å²) in [5, 5.41) is 9.10. The summed E-state index contributed by atoms with van der Waals surface area (Å²) < 4.78 is 0. The van der Waals surface area contributed by atoms with E-state index in [0.29, 0.717) is 5.82 Å². The zero-order chi connectivity index (χ0) is 14.1. The molecule has 2 fully saturated rings. The Morgan fingerprint density at radius 3 is 2.65 bits per heavy atom. The van der Waals surface area contributed by atoms with E-state index in [2.05, 4.69) is 14.8 Å². The summed E-state index contributed by atoms with van der Waals surface area (Å²) in [6.45, 7) is 5.03. The van der Waals surface area contributed by atoms with E-state index in [1.54, 1.807) is 6.07 Å². The van der Waals surface area contributed by atoms with Crippen molar-refractivity contribution in [2.45, 2.75) is 12.8 Å². The van der Waals surface area contributed by atoms with Crippen LogP contribution in [0, 0.1) is 5.92 Å². The monoisotopic (exact) mass is 276 g/mol. The molecule has 0 atom stereocenters. The van der Waals surface area contributed by atoms with Crippen LogP contribution in [0.4, 0.5) is 11.5 Å². The van der Waals surface area contributed by atoms with Crippen molar-refractivity contribution in [3.63, 3.8) is 0 Å². The standard InChI is InChI=1S/C14H20N4O2/c15-12-8-16-13(7-11(12)14(19)20)18-5-3-17(4-6-18)9-10-1-2-10/h7-8,10H,1-6,9,15H2,(H,19,20). The molecule has 0 bridgehead atoms. The van der Waals surface area contributed by atoms with E-state index < -0.39 is 5.97 Å². The topological polar surface area (TPSA) is 82.7 Å². The van der Waals surface area contributed by atoms with Gasteiger partial charge in [0.05, 0.1) is 17.4 Å². The fraction of sp³-hybridized carbons (Fsp3) is 0.571. The molecule has 0 unspecified atom stereocenters. The van der Waals surface area contributed by atoms with Gasteiger partial charge in [-0.05, 0) is 24.8 Å². The van der Waals surface area contributed by atoms with E-state index in [1.807, 2.05) is 0 Å². The van der Waals surface area contributed by atoms with Gasteiger partial charge in [0.1, 0.15) is 5.82 Å². The number of nitrogen functional groups attached to an aromatic ring is 1. The first-order valence-corrected chi connectivity index (χ1v) is 7.09. The Bertz CT molecular complexity index is 508. The van der Waals surface area contributed by atoms with Crippen LogP contribution in [0.1, 0.15) is 23.2 Å². The smallest absolute Gasteiger partial charge is 0.337 e. The highest BCUT2D eigenvalue weighted by atomic mass is 16.4. The molecular weight excluding hydrogens is 256 g/mol. The Balaban J connectivity index is 1.65. The van der Waals surface area contributed by atoms with Crippen molar-refractivity contribution in [1.29, 1.82) is 0 Å². The van der Waals surface area contributed by atoms with E-state index in [0.717, 1.165) is 32.1 Å². The molecule has 2 aliphatic rings. The first kappa shape index (κ1) is 13.2. The summed E-state index contributed by atoms with van der Waals surface area (Å²) in [6, 6.07) is 1.58. The van der Waals surface area contributed by atoms with Crippen molar-refractivity contribution in [2.75, 3.05) is 43.4 Å². The number of rotatable bonds is 4. The maximum Gasteiger partial charge on any atom is 0.337 e. The van der Waals surface area contributed by atoms with Crippen molar-refractivity contribution < 1.29 is 9.90 Å². The summed E-state index contributed by atoms with van der Waals surface area (Å²) in [5.41, 5.74) is 5.98. The highest BCUT2D eigenvalue weighted by molar-refractivity contribution is 5.94. The Kier molecular flexibility index (Phi) is 3.48. The van der Waals surface area contributed by atoms with Gasteiger partial charge in [0.15, 0.2) is 0 Å². The Labute approximate surface area is 118 Å². The summed E-state index contributed by atoms with van der Waals surface area (Å²) in [5.74, 6) is 0.621. The lowest BCUT2D eigenvalue weighted by Crippen LogP contribution is -2.47. The van der Waals surface area contributed by atoms with Crippen molar-refractivity contribution >= 4 is 17.5 Å². The van der Waals surface area contributed by atoms with Crippen LogP contribution < -0.4 is 10.6 Å². The lowest BCUT2D eigenvalue weighted by atomic mass is 10.2. The molecule has 6 heteroatoms. The number of hydrogen-bond acceptors (Lipinski definition) is 5. The summed E-state index contributed by atoms with van der Waals surface area (Å²) in [4.78, 5) is 20.0. The Morgan fingerprint density at radius 2 is 2.05 bits per heavy atom. The van der Waals surface area contributed by atoms with Crippen molar-refractivity contribution in [3.05, 3.63) is 17.8 Å². The maximum atomic E-state index is 11.1. The maximum absolute atomic E-state index is 11.1. The number of carboxylic acid groups (broad SMARTS) is 1. The normalized spacial score (nSPS) is 20.1. The molecule has 0 amide bonds. The van der Waals surface area contributed by atoms with Gasteiger partial charge in [-0.15, -0.1) is 0 Å². The first-order valence-electron chi connectivity index (χ1n) is 7.09.